The molecule has 0 saturated heterocycles. The van der Waals surface area contributed by atoms with Gasteiger partial charge in [0.25, 0.3) is 15.9 Å². The van der Waals surface area contributed by atoms with Crippen molar-refractivity contribution < 1.29 is 22.8 Å². The first-order valence-corrected chi connectivity index (χ1v) is 16.0. The van der Waals surface area contributed by atoms with Gasteiger partial charge in [0.2, 0.25) is 11.8 Å². The van der Waals surface area contributed by atoms with Crippen LogP contribution in [0.1, 0.15) is 47.1 Å². The van der Waals surface area contributed by atoms with Crippen molar-refractivity contribution >= 4 is 38.5 Å². The van der Waals surface area contributed by atoms with Crippen LogP contribution in [-0.4, -0.2) is 63.8 Å². The van der Waals surface area contributed by atoms with E-state index in [1.165, 1.54) is 30.0 Å². The van der Waals surface area contributed by atoms with Gasteiger partial charge >= 0.3 is 0 Å². The third-order valence-corrected chi connectivity index (χ3v) is 9.18. The van der Waals surface area contributed by atoms with Crippen molar-refractivity contribution in [2.45, 2.75) is 63.9 Å². The largest absolute Gasteiger partial charge is 0.342 e. The van der Waals surface area contributed by atoms with E-state index >= 15 is 0 Å². The quantitative estimate of drug-likeness (QED) is 0.277. The smallest absolute Gasteiger partial charge is 0.264 e. The Morgan fingerprint density at radius 2 is 1.45 bits per heavy atom. The summed E-state index contributed by atoms with van der Waals surface area (Å²) in [5.74, 6) is -1.45. The maximum Gasteiger partial charge on any atom is 0.264 e. The molecule has 3 aromatic rings. The molecule has 1 unspecified atom stereocenters. The van der Waals surface area contributed by atoms with Gasteiger partial charge in [-0.2, -0.15) is 0 Å². The maximum absolute atomic E-state index is 13.6. The number of hydrogen-bond donors (Lipinski definition) is 3. The molecule has 0 saturated carbocycles. The number of benzene rings is 3. The lowest BCUT2D eigenvalue weighted by molar-refractivity contribution is -0.139. The van der Waals surface area contributed by atoms with Crippen molar-refractivity contribution in [1.29, 1.82) is 0 Å². The second-order valence-electron chi connectivity index (χ2n) is 12.7. The minimum absolute atomic E-state index is 0.0243. The van der Waals surface area contributed by atoms with E-state index < -0.39 is 38.8 Å². The summed E-state index contributed by atoms with van der Waals surface area (Å²) in [4.78, 5) is 41.4. The molecule has 0 aromatic heterocycles. The molecule has 0 fully saturated rings. The molecule has 0 bridgehead atoms. The highest BCUT2D eigenvalue weighted by Crippen LogP contribution is 2.28. The van der Waals surface area contributed by atoms with Crippen LogP contribution < -0.4 is 15.4 Å². The third kappa shape index (κ3) is 8.12. The molecule has 0 aliphatic heterocycles. The highest BCUT2D eigenvalue weighted by molar-refractivity contribution is 7.90. The van der Waals surface area contributed by atoms with E-state index in [9.17, 15) is 22.8 Å². The summed E-state index contributed by atoms with van der Waals surface area (Å²) in [6.07, 6.45) is 1.49. The van der Waals surface area contributed by atoms with Crippen LogP contribution in [0.3, 0.4) is 0 Å². The lowest BCUT2D eigenvalue weighted by atomic mass is 9.76. The average molecular weight is 621 g/mol. The monoisotopic (exact) mass is 620 g/mol. The molecule has 2 atom stereocenters. The summed E-state index contributed by atoms with van der Waals surface area (Å²) in [6.45, 7) is 11.1. The summed E-state index contributed by atoms with van der Waals surface area (Å²) in [6, 6.07) is 20.2. The zero-order valence-corrected chi connectivity index (χ0v) is 27.6. The van der Waals surface area contributed by atoms with Gasteiger partial charge in [-0.3, -0.25) is 14.4 Å². The predicted molar refractivity (Wildman–Crippen MR) is 174 cm³/mol. The zero-order valence-electron chi connectivity index (χ0n) is 26.8. The molecular formula is C34H44N4O5S. The molecular weight excluding hydrogens is 576 g/mol. The van der Waals surface area contributed by atoms with Crippen LogP contribution in [-0.2, 0) is 29.8 Å². The van der Waals surface area contributed by atoms with Gasteiger partial charge in [0.1, 0.15) is 6.04 Å². The molecule has 236 valence electrons. The normalized spacial score (nSPS) is 14.0. The molecule has 3 aromatic carbocycles. The predicted octanol–water partition coefficient (Wildman–Crippen LogP) is 4.15. The molecule has 3 amide bonds. The fourth-order valence-corrected chi connectivity index (χ4v) is 6.05. The number of rotatable bonds is 11. The zero-order chi connectivity index (χ0) is 32.9. The van der Waals surface area contributed by atoms with E-state index in [-0.39, 0.29) is 28.8 Å². The van der Waals surface area contributed by atoms with Crippen molar-refractivity contribution in [2.24, 2.45) is 5.41 Å². The standard InChI is InChI=1S/C34H44N4O5S/c1-23(30(39)37-44(42,43)27-19-18-24-14-12-13-15-25(24)22-27)20-21-38(8)32(41)29(33(2,3)4)36-31(40)28(35-7)34(5,6)26-16-10-9-11-17-26/h9-20,22,28-29,35H,21H2,1-8H3,(H,36,40)(H,37,39)/b23-20+/t28-,29?/m1/s1. The lowest BCUT2D eigenvalue weighted by Crippen LogP contribution is -2.60. The van der Waals surface area contributed by atoms with Crippen LogP contribution in [0.2, 0.25) is 0 Å². The number of likely N-dealkylation sites (N-methyl/N-ethyl adjacent to an activating group) is 2. The fraction of sp³-hybridized carbons (Fsp3) is 0.382. The van der Waals surface area contributed by atoms with E-state index in [4.69, 9.17) is 0 Å². The molecule has 3 N–H and O–H groups in total. The van der Waals surface area contributed by atoms with Gasteiger partial charge in [-0.05, 0) is 47.9 Å². The molecule has 0 heterocycles. The minimum Gasteiger partial charge on any atom is -0.342 e. The lowest BCUT2D eigenvalue weighted by Gasteiger charge is -2.38. The van der Waals surface area contributed by atoms with Crippen LogP contribution in [0, 0.1) is 5.41 Å². The maximum atomic E-state index is 13.6. The molecule has 0 aliphatic rings. The fourth-order valence-electron chi connectivity index (χ4n) is 5.00. The van der Waals surface area contributed by atoms with Gasteiger partial charge in [0, 0.05) is 24.6 Å². The number of carbonyl (C=O) groups excluding carboxylic acids is 3. The Balaban J connectivity index is 1.71. The molecule has 44 heavy (non-hydrogen) atoms. The first-order valence-electron chi connectivity index (χ1n) is 14.5. The van der Waals surface area contributed by atoms with Crippen LogP contribution >= 0.6 is 0 Å². The number of nitrogens with zero attached hydrogens (tertiary/aromatic N) is 1. The summed E-state index contributed by atoms with van der Waals surface area (Å²) in [5, 5.41) is 7.70. The van der Waals surface area contributed by atoms with Gasteiger partial charge in [-0.1, -0.05) is 101 Å². The highest BCUT2D eigenvalue weighted by Gasteiger charge is 2.40. The van der Waals surface area contributed by atoms with E-state index in [0.29, 0.717) is 0 Å². The Morgan fingerprint density at radius 1 is 0.864 bits per heavy atom. The molecule has 10 heteroatoms. The van der Waals surface area contributed by atoms with E-state index in [1.54, 1.807) is 26.2 Å². The number of hydrogen-bond acceptors (Lipinski definition) is 6. The summed E-state index contributed by atoms with van der Waals surface area (Å²) in [7, 11) is -0.825. The average Bonchev–Trinajstić information content (AvgIpc) is 2.97. The topological polar surface area (TPSA) is 125 Å². The summed E-state index contributed by atoms with van der Waals surface area (Å²) < 4.78 is 27.9. The van der Waals surface area contributed by atoms with Crippen molar-refractivity contribution in [3.8, 4) is 0 Å². The number of nitrogens with one attached hydrogen (secondary N) is 3. The van der Waals surface area contributed by atoms with Crippen LogP contribution in [0.15, 0.2) is 89.3 Å². The minimum atomic E-state index is -4.11. The third-order valence-electron chi connectivity index (χ3n) is 7.85. The van der Waals surface area contributed by atoms with E-state index in [1.807, 2.05) is 83.1 Å². The number of sulfonamides is 1. The van der Waals surface area contributed by atoms with Gasteiger partial charge < -0.3 is 15.5 Å². The van der Waals surface area contributed by atoms with Crippen molar-refractivity contribution in [1.82, 2.24) is 20.3 Å². The van der Waals surface area contributed by atoms with Crippen LogP contribution in [0.5, 0.6) is 0 Å². The van der Waals surface area contributed by atoms with Gasteiger partial charge in [-0.25, -0.2) is 13.1 Å². The van der Waals surface area contributed by atoms with E-state index in [2.05, 4.69) is 15.4 Å². The number of amides is 3. The van der Waals surface area contributed by atoms with Gasteiger partial charge in [0.15, 0.2) is 0 Å². The summed E-state index contributed by atoms with van der Waals surface area (Å²) in [5.41, 5.74) is -0.0880. The Hall–Kier alpha value is -4.02. The van der Waals surface area contributed by atoms with Crippen molar-refractivity contribution in [3.05, 3.63) is 90.0 Å². The molecule has 0 radical (unpaired) electrons. The van der Waals surface area contributed by atoms with Crippen LogP contribution in [0.25, 0.3) is 10.8 Å². The SMILES string of the molecule is CN[C@H](C(=O)NC(C(=O)N(C)C/C=C(\C)C(=O)NS(=O)(=O)c1ccc2ccccc2c1)C(C)(C)C)C(C)(C)c1ccccc1. The van der Waals surface area contributed by atoms with Gasteiger partial charge in [0.05, 0.1) is 10.9 Å². The first kappa shape index (κ1) is 34.5. The Bertz CT molecular complexity index is 1640. The summed E-state index contributed by atoms with van der Waals surface area (Å²) >= 11 is 0. The Kier molecular flexibility index (Phi) is 10.8. The highest BCUT2D eigenvalue weighted by atomic mass is 32.2. The Labute approximate surface area is 261 Å². The second-order valence-corrected chi connectivity index (χ2v) is 14.3. The van der Waals surface area contributed by atoms with Crippen LogP contribution in [0.4, 0.5) is 0 Å². The van der Waals surface area contributed by atoms with Crippen molar-refractivity contribution in [3.63, 3.8) is 0 Å². The first-order chi connectivity index (χ1) is 20.5. The molecule has 9 nitrogen and oxygen atoms in total. The van der Waals surface area contributed by atoms with E-state index in [0.717, 1.165) is 16.3 Å². The second kappa shape index (κ2) is 13.7. The number of carbonyl (C=O) groups is 3. The molecule has 0 spiro atoms. The van der Waals surface area contributed by atoms with Gasteiger partial charge in [-0.15, -0.1) is 0 Å². The Morgan fingerprint density at radius 3 is 2.05 bits per heavy atom. The molecule has 0 aliphatic carbocycles. The van der Waals surface area contributed by atoms with Crippen molar-refractivity contribution in [2.75, 3.05) is 20.6 Å². The molecule has 3 rings (SSSR count). The number of fused-ring (bicyclic) bond motifs is 1.